The van der Waals surface area contributed by atoms with Gasteiger partial charge < -0.3 is 9.84 Å². The van der Waals surface area contributed by atoms with Crippen LogP contribution >= 0.6 is 0 Å². The van der Waals surface area contributed by atoms with E-state index in [4.69, 9.17) is 9.94 Å². The van der Waals surface area contributed by atoms with E-state index in [9.17, 15) is 14.7 Å². The third kappa shape index (κ3) is 4.11. The molecule has 31 heavy (non-hydrogen) atoms. The van der Waals surface area contributed by atoms with Crippen LogP contribution in [0.1, 0.15) is 30.0 Å². The number of hydrogen-bond acceptors (Lipinski definition) is 5. The molecular weight excluding hydrogens is 394 g/mol. The van der Waals surface area contributed by atoms with Gasteiger partial charge in [0, 0.05) is 6.42 Å². The van der Waals surface area contributed by atoms with Crippen LogP contribution in [0.3, 0.4) is 0 Å². The van der Waals surface area contributed by atoms with Gasteiger partial charge in [-0.25, -0.2) is 5.48 Å². The number of amides is 1. The van der Waals surface area contributed by atoms with Gasteiger partial charge in [0.25, 0.3) is 0 Å². The molecule has 160 valence electrons. The second-order valence-electron chi connectivity index (χ2n) is 8.11. The highest BCUT2D eigenvalue weighted by molar-refractivity contribution is 5.93. The zero-order chi connectivity index (χ0) is 22.0. The molecule has 0 saturated heterocycles. The summed E-state index contributed by atoms with van der Waals surface area (Å²) < 4.78 is 5.21. The van der Waals surface area contributed by atoms with Crippen molar-refractivity contribution < 1.29 is 24.6 Å². The Morgan fingerprint density at radius 3 is 2.55 bits per heavy atom. The molecule has 3 aromatic carbocycles. The molecular formula is C25H25NO5. The van der Waals surface area contributed by atoms with E-state index in [0.29, 0.717) is 19.3 Å². The van der Waals surface area contributed by atoms with E-state index >= 15 is 0 Å². The van der Waals surface area contributed by atoms with Gasteiger partial charge in [-0.3, -0.25) is 14.8 Å². The van der Waals surface area contributed by atoms with Crippen molar-refractivity contribution in [3.8, 4) is 5.75 Å². The quantitative estimate of drug-likeness (QED) is 0.308. The van der Waals surface area contributed by atoms with Crippen LogP contribution < -0.4 is 5.48 Å². The lowest BCUT2D eigenvalue weighted by Crippen LogP contribution is -2.30. The number of phenolic OH excluding ortho intramolecular Hbond substituents is 1. The first kappa shape index (κ1) is 20.9. The zero-order valence-corrected chi connectivity index (χ0v) is 17.3. The molecule has 1 aliphatic rings. The number of nitrogens with one attached hydrogen (secondary N) is 1. The van der Waals surface area contributed by atoms with E-state index in [1.165, 1.54) is 0 Å². The highest BCUT2D eigenvalue weighted by atomic mass is 16.5. The number of fused-ring (bicyclic) bond motifs is 1. The van der Waals surface area contributed by atoms with Gasteiger partial charge in [-0.1, -0.05) is 54.6 Å². The molecule has 1 aliphatic carbocycles. The number of hydroxylamine groups is 1. The molecule has 0 aromatic heterocycles. The summed E-state index contributed by atoms with van der Waals surface area (Å²) in [5.41, 5.74) is 3.30. The fourth-order valence-corrected chi connectivity index (χ4v) is 4.32. The standard InChI is InChI=1S/C25H25NO5/c1-2-31-24(29)25(15-21(25)23(28)26-30)14-17-8-10-22(27)20(13-17)12-16-7-9-18-5-3-4-6-19(18)11-16/h3-11,13,21,27,30H,2,12,14-15H2,1H3,(H,26,28). The average Bonchev–Trinajstić information content (AvgIpc) is 3.51. The van der Waals surface area contributed by atoms with Crippen molar-refractivity contribution in [1.29, 1.82) is 0 Å². The largest absolute Gasteiger partial charge is 0.508 e. The Bertz CT molecular complexity index is 1140. The Hall–Kier alpha value is -3.38. The molecule has 1 amide bonds. The minimum atomic E-state index is -0.986. The van der Waals surface area contributed by atoms with Crippen molar-refractivity contribution in [2.75, 3.05) is 6.61 Å². The second-order valence-corrected chi connectivity index (χ2v) is 8.11. The smallest absolute Gasteiger partial charge is 0.313 e. The summed E-state index contributed by atoms with van der Waals surface area (Å²) in [5.74, 6) is -1.46. The lowest BCUT2D eigenvalue weighted by molar-refractivity contribution is -0.152. The molecule has 0 spiro atoms. The van der Waals surface area contributed by atoms with Gasteiger partial charge in [0.2, 0.25) is 5.91 Å². The van der Waals surface area contributed by atoms with E-state index in [2.05, 4.69) is 24.3 Å². The second kappa shape index (κ2) is 8.40. The summed E-state index contributed by atoms with van der Waals surface area (Å²) in [6.07, 6.45) is 1.16. The average molecular weight is 419 g/mol. The Kier molecular flexibility index (Phi) is 5.65. The van der Waals surface area contributed by atoms with Gasteiger partial charge in [-0.05, 0) is 53.3 Å². The molecule has 0 bridgehead atoms. The van der Waals surface area contributed by atoms with E-state index < -0.39 is 23.2 Å². The number of phenols is 1. The highest BCUT2D eigenvalue weighted by Gasteiger charge is 2.64. The summed E-state index contributed by atoms with van der Waals surface area (Å²) in [4.78, 5) is 24.5. The topological polar surface area (TPSA) is 95.9 Å². The predicted octanol–water partition coefficient (Wildman–Crippen LogP) is 3.75. The highest BCUT2D eigenvalue weighted by Crippen LogP contribution is 2.56. The maximum atomic E-state index is 12.6. The van der Waals surface area contributed by atoms with Crippen LogP contribution in [0.25, 0.3) is 10.8 Å². The summed E-state index contributed by atoms with van der Waals surface area (Å²) in [6, 6.07) is 19.5. The molecule has 0 heterocycles. The number of carbonyl (C=O) groups is 2. The molecule has 3 aromatic rings. The number of hydrogen-bond donors (Lipinski definition) is 3. The molecule has 4 rings (SSSR count). The fourth-order valence-electron chi connectivity index (χ4n) is 4.32. The number of benzene rings is 3. The predicted molar refractivity (Wildman–Crippen MR) is 116 cm³/mol. The lowest BCUT2D eigenvalue weighted by Gasteiger charge is -2.17. The van der Waals surface area contributed by atoms with Crippen molar-refractivity contribution in [1.82, 2.24) is 5.48 Å². The first-order valence-electron chi connectivity index (χ1n) is 10.4. The monoisotopic (exact) mass is 419 g/mol. The molecule has 0 radical (unpaired) electrons. The van der Waals surface area contributed by atoms with Gasteiger partial charge in [0.15, 0.2) is 0 Å². The Labute approximate surface area is 180 Å². The molecule has 6 nitrogen and oxygen atoms in total. The van der Waals surface area contributed by atoms with Crippen LogP contribution in [-0.2, 0) is 27.2 Å². The Morgan fingerprint density at radius 1 is 1.06 bits per heavy atom. The molecule has 0 aliphatic heterocycles. The van der Waals surface area contributed by atoms with Gasteiger partial charge in [0.1, 0.15) is 5.75 Å². The molecule has 6 heteroatoms. The molecule has 1 fully saturated rings. The summed E-state index contributed by atoms with van der Waals surface area (Å²) in [6.45, 7) is 1.94. The molecule has 3 N–H and O–H groups in total. The van der Waals surface area contributed by atoms with E-state index in [0.717, 1.165) is 27.5 Å². The fraction of sp³-hybridized carbons (Fsp3) is 0.280. The number of carbonyl (C=O) groups excluding carboxylic acids is 2. The van der Waals surface area contributed by atoms with Crippen molar-refractivity contribution in [3.63, 3.8) is 0 Å². The Balaban J connectivity index is 1.59. The first-order chi connectivity index (χ1) is 15.0. The Morgan fingerprint density at radius 2 is 1.81 bits per heavy atom. The molecule has 2 unspecified atom stereocenters. The third-order valence-electron chi connectivity index (χ3n) is 6.06. The van der Waals surface area contributed by atoms with E-state index in [-0.39, 0.29) is 12.4 Å². The third-order valence-corrected chi connectivity index (χ3v) is 6.06. The van der Waals surface area contributed by atoms with Crippen molar-refractivity contribution >= 4 is 22.6 Å². The number of esters is 1. The minimum absolute atomic E-state index is 0.183. The van der Waals surface area contributed by atoms with Crippen LogP contribution in [0.2, 0.25) is 0 Å². The molecule has 1 saturated carbocycles. The molecule has 2 atom stereocenters. The normalized spacial score (nSPS) is 19.7. The van der Waals surface area contributed by atoms with Gasteiger partial charge >= 0.3 is 5.97 Å². The van der Waals surface area contributed by atoms with Crippen LogP contribution in [-0.4, -0.2) is 28.8 Å². The SMILES string of the molecule is CCOC(=O)C1(Cc2ccc(O)c(Cc3ccc4ccccc4c3)c2)CC1C(=O)NO. The van der Waals surface area contributed by atoms with Crippen LogP contribution in [0.15, 0.2) is 60.7 Å². The summed E-state index contributed by atoms with van der Waals surface area (Å²) >= 11 is 0. The van der Waals surface area contributed by atoms with Gasteiger partial charge in [0.05, 0.1) is 17.9 Å². The number of aromatic hydroxyl groups is 1. The van der Waals surface area contributed by atoms with Crippen LogP contribution in [0, 0.1) is 11.3 Å². The maximum absolute atomic E-state index is 12.6. The minimum Gasteiger partial charge on any atom is -0.508 e. The van der Waals surface area contributed by atoms with Crippen molar-refractivity contribution in [2.45, 2.75) is 26.2 Å². The maximum Gasteiger partial charge on any atom is 0.313 e. The van der Waals surface area contributed by atoms with Crippen LogP contribution in [0.4, 0.5) is 0 Å². The van der Waals surface area contributed by atoms with Crippen molar-refractivity contribution in [2.24, 2.45) is 11.3 Å². The van der Waals surface area contributed by atoms with Gasteiger partial charge in [-0.2, -0.15) is 0 Å². The van der Waals surface area contributed by atoms with Crippen molar-refractivity contribution in [3.05, 3.63) is 77.4 Å². The summed E-state index contributed by atoms with van der Waals surface area (Å²) in [7, 11) is 0. The van der Waals surface area contributed by atoms with Gasteiger partial charge in [-0.15, -0.1) is 0 Å². The first-order valence-corrected chi connectivity index (χ1v) is 10.4. The van der Waals surface area contributed by atoms with E-state index in [1.54, 1.807) is 24.5 Å². The number of rotatable bonds is 7. The van der Waals surface area contributed by atoms with E-state index in [1.807, 2.05) is 24.3 Å². The zero-order valence-electron chi connectivity index (χ0n) is 17.3. The summed E-state index contributed by atoms with van der Waals surface area (Å²) in [5, 5.41) is 21.7. The lowest BCUT2D eigenvalue weighted by atomic mass is 9.91. The number of ether oxygens (including phenoxy) is 1. The van der Waals surface area contributed by atoms with Crippen LogP contribution in [0.5, 0.6) is 5.75 Å².